The Kier molecular flexibility index (Phi) is 10.7. The number of nitrogens with two attached hydrogens (primary N) is 1. The number of aromatic nitrogens is 4. The van der Waals surface area contributed by atoms with Crippen LogP contribution in [0.15, 0.2) is 53.6 Å². The van der Waals surface area contributed by atoms with Crippen molar-refractivity contribution in [3.8, 4) is 5.75 Å². The molecule has 2 aromatic carbocycles. The Labute approximate surface area is 239 Å². The molecule has 4 unspecified atom stereocenters. The van der Waals surface area contributed by atoms with E-state index in [1.165, 1.54) is 10.9 Å². The summed E-state index contributed by atoms with van der Waals surface area (Å²) >= 11 is 0. The number of imidazole rings is 1. The molecule has 16 heteroatoms. The van der Waals surface area contributed by atoms with Crippen molar-refractivity contribution in [2.24, 2.45) is 0 Å². The molecule has 4 aromatic rings. The van der Waals surface area contributed by atoms with Gasteiger partial charge < -0.3 is 24.3 Å². The van der Waals surface area contributed by atoms with Gasteiger partial charge in [-0.25, -0.2) is 23.2 Å². The summed E-state index contributed by atoms with van der Waals surface area (Å²) in [5.74, 6) is -0.00510. The van der Waals surface area contributed by atoms with Gasteiger partial charge in [0.15, 0.2) is 17.4 Å². The molecule has 226 valence electrons. The van der Waals surface area contributed by atoms with Gasteiger partial charge in [0.05, 0.1) is 25.1 Å². The summed E-state index contributed by atoms with van der Waals surface area (Å²) in [7, 11) is -1.84. The van der Waals surface area contributed by atoms with E-state index in [-0.39, 0.29) is 42.8 Å². The second-order valence-corrected chi connectivity index (χ2v) is 10.5. The molecule has 12 nitrogen and oxygen atoms in total. The number of anilines is 1. The molecule has 1 aliphatic heterocycles. The molecule has 0 amide bonds. The Morgan fingerprint density at radius 1 is 1.26 bits per heavy atom. The highest BCUT2D eigenvalue weighted by Gasteiger charge is 2.38. The number of nitrogen functional groups attached to an aromatic ring is 1. The zero-order valence-corrected chi connectivity index (χ0v) is 23.6. The van der Waals surface area contributed by atoms with E-state index >= 15 is 4.39 Å². The fourth-order valence-corrected chi connectivity index (χ4v) is 5.34. The van der Waals surface area contributed by atoms with E-state index in [0.717, 1.165) is 10.8 Å². The average molecular weight is 611 g/mol. The van der Waals surface area contributed by atoms with E-state index < -0.39 is 45.5 Å². The minimum atomic E-state index is -1.84. The number of alkyl halides is 3. The number of hydrogen-bond acceptors (Lipinski definition) is 10. The average Bonchev–Trinajstić information content (AvgIpc) is 3.53. The lowest BCUT2D eigenvalue weighted by atomic mass is 10.1. The van der Waals surface area contributed by atoms with Gasteiger partial charge in [0, 0.05) is 11.8 Å². The molecule has 1 aliphatic rings. The number of halogens is 3. The zero-order chi connectivity index (χ0) is 30.2. The third-order valence-electron chi connectivity index (χ3n) is 5.88. The topological polar surface area (TPSA) is 156 Å². The molecule has 0 saturated carbocycles. The molecule has 1 fully saturated rings. The zero-order valence-electron chi connectivity index (χ0n) is 22.7. The Morgan fingerprint density at radius 2 is 2.00 bits per heavy atom. The first kappa shape index (κ1) is 31.2. The van der Waals surface area contributed by atoms with Crippen LogP contribution in [0.1, 0.15) is 26.5 Å². The summed E-state index contributed by atoms with van der Waals surface area (Å²) in [6, 6.07) is 13.3. The van der Waals surface area contributed by atoms with Crippen LogP contribution in [0.3, 0.4) is 0 Å². The van der Waals surface area contributed by atoms with Crippen molar-refractivity contribution in [1.82, 2.24) is 24.6 Å². The Balaban J connectivity index is 0.00000129. The van der Waals surface area contributed by atoms with Gasteiger partial charge in [0.2, 0.25) is 12.9 Å². The summed E-state index contributed by atoms with van der Waals surface area (Å²) in [4.78, 5) is 34.7. The molecule has 0 spiro atoms. The number of nitrogens with one attached hydrogen (secondary N) is 2. The van der Waals surface area contributed by atoms with E-state index in [1.54, 1.807) is 19.9 Å². The minimum absolute atomic E-state index is 0.0237. The first-order valence-corrected chi connectivity index (χ1v) is 14.0. The lowest BCUT2D eigenvalue weighted by Crippen LogP contribution is -2.26. The molecule has 0 aliphatic carbocycles. The molecule has 0 radical (unpaired) electrons. The lowest BCUT2D eigenvalue weighted by Gasteiger charge is -2.21. The Morgan fingerprint density at radius 3 is 2.76 bits per heavy atom. The number of carbonyl (C=O) groups is 1. The standard InChI is InChI=1S/C25H28FN6O6P.CH2F2/c1-14(2)36-20(33)11-29-39(38-19-9-5-7-15-6-3-4-8-17(15)19)35-12-16-10-18(26)24(37-16)32-13-28-21-22(32)30-25(27)31-23(21)34;2-1-3/h3-9,13-14,16,18,24,29H,10-12H2,1-2H3,(H3,27,30,31,34);1H2. The maximum atomic E-state index is 15.1. The number of H-pyrrole nitrogens is 1. The molecule has 4 N–H and O–H groups in total. The normalized spacial score (nSPS) is 19.0. The number of aromatic amines is 1. The summed E-state index contributed by atoms with van der Waals surface area (Å²) < 4.78 is 58.9. The van der Waals surface area contributed by atoms with E-state index in [0.29, 0.717) is 5.75 Å². The fraction of sp³-hybridized carbons (Fsp3) is 0.385. The van der Waals surface area contributed by atoms with E-state index in [9.17, 15) is 18.4 Å². The second kappa shape index (κ2) is 14.4. The quantitative estimate of drug-likeness (QED) is 0.176. The van der Waals surface area contributed by atoms with Crippen LogP contribution in [-0.2, 0) is 18.8 Å². The third-order valence-corrected chi connectivity index (χ3v) is 7.04. The second-order valence-electron chi connectivity index (χ2n) is 9.27. The van der Waals surface area contributed by atoms with Gasteiger partial charge in [-0.1, -0.05) is 36.4 Å². The third kappa shape index (κ3) is 7.73. The Bertz CT molecular complexity index is 1550. The van der Waals surface area contributed by atoms with Crippen LogP contribution in [-0.4, -0.2) is 63.9 Å². The van der Waals surface area contributed by atoms with Crippen LogP contribution in [0, 0.1) is 0 Å². The van der Waals surface area contributed by atoms with Crippen LogP contribution in [0.25, 0.3) is 21.9 Å². The SMILES string of the molecule is CC(C)OC(=O)CNP(OCC1CC(F)C(n2cnc3c(=O)[nH]c(N)nc32)O1)Oc1cccc2ccccc12.FCF. The van der Waals surface area contributed by atoms with Crippen LogP contribution < -0.4 is 20.9 Å². The highest BCUT2D eigenvalue weighted by atomic mass is 31.2. The van der Waals surface area contributed by atoms with E-state index in [1.807, 2.05) is 36.4 Å². The molecule has 4 atom stereocenters. The summed E-state index contributed by atoms with van der Waals surface area (Å²) in [6.45, 7) is 1.60. The highest BCUT2D eigenvalue weighted by Crippen LogP contribution is 2.40. The molecular formula is C26H30F3N6O6P. The molecular weight excluding hydrogens is 580 g/mol. The van der Waals surface area contributed by atoms with Gasteiger partial charge in [-0.15, -0.1) is 0 Å². The van der Waals surface area contributed by atoms with E-state index in [2.05, 4.69) is 20.0 Å². The van der Waals surface area contributed by atoms with Gasteiger partial charge in [-0.05, 0) is 25.3 Å². The maximum absolute atomic E-state index is 15.1. The number of benzene rings is 2. The summed E-state index contributed by atoms with van der Waals surface area (Å²) in [5, 5.41) is 4.82. The minimum Gasteiger partial charge on any atom is -0.462 e. The van der Waals surface area contributed by atoms with Crippen LogP contribution in [0.4, 0.5) is 19.1 Å². The number of nitrogens with zero attached hydrogens (tertiary/aromatic N) is 3. The first-order valence-electron chi connectivity index (χ1n) is 12.9. The molecule has 5 rings (SSSR count). The van der Waals surface area contributed by atoms with Crippen molar-refractivity contribution in [1.29, 1.82) is 0 Å². The predicted molar refractivity (Wildman–Crippen MR) is 150 cm³/mol. The first-order chi connectivity index (χ1) is 20.2. The van der Waals surface area contributed by atoms with Crippen molar-refractivity contribution in [3.63, 3.8) is 0 Å². The van der Waals surface area contributed by atoms with Crippen molar-refractivity contribution in [2.45, 2.75) is 44.9 Å². The molecule has 42 heavy (non-hydrogen) atoms. The predicted octanol–water partition coefficient (Wildman–Crippen LogP) is 4.23. The molecule has 2 aromatic heterocycles. The van der Waals surface area contributed by atoms with Gasteiger partial charge in [0.25, 0.3) is 5.56 Å². The Hall–Kier alpha value is -3.78. The number of carbonyl (C=O) groups excluding carboxylic acids is 1. The van der Waals surface area contributed by atoms with Crippen molar-refractivity contribution in [2.75, 3.05) is 25.8 Å². The van der Waals surface area contributed by atoms with Crippen LogP contribution in [0.5, 0.6) is 5.75 Å². The monoisotopic (exact) mass is 610 g/mol. The largest absolute Gasteiger partial charge is 0.462 e. The van der Waals surface area contributed by atoms with Crippen LogP contribution >= 0.6 is 8.53 Å². The summed E-state index contributed by atoms with van der Waals surface area (Å²) in [6.07, 6.45) is -2.09. The van der Waals surface area contributed by atoms with Gasteiger partial charge in [0.1, 0.15) is 18.5 Å². The molecule has 1 saturated heterocycles. The van der Waals surface area contributed by atoms with Gasteiger partial charge in [-0.3, -0.25) is 19.1 Å². The fourth-order valence-electron chi connectivity index (χ4n) is 4.24. The van der Waals surface area contributed by atoms with Gasteiger partial charge in [-0.2, -0.15) is 4.98 Å². The highest BCUT2D eigenvalue weighted by molar-refractivity contribution is 7.45. The number of ether oxygens (including phenoxy) is 2. The number of fused-ring (bicyclic) bond motifs is 2. The number of hydrogen-bond donors (Lipinski definition) is 3. The maximum Gasteiger partial charge on any atom is 0.320 e. The van der Waals surface area contributed by atoms with Gasteiger partial charge >= 0.3 is 14.5 Å². The summed E-state index contributed by atoms with van der Waals surface area (Å²) in [5.41, 5.74) is 5.28. The van der Waals surface area contributed by atoms with Crippen LogP contribution in [0.2, 0.25) is 0 Å². The lowest BCUT2D eigenvalue weighted by molar-refractivity contribution is -0.145. The van der Waals surface area contributed by atoms with Crippen molar-refractivity contribution in [3.05, 3.63) is 59.1 Å². The molecule has 3 heterocycles. The smallest absolute Gasteiger partial charge is 0.320 e. The number of rotatable bonds is 10. The van der Waals surface area contributed by atoms with Crippen molar-refractivity contribution < 1.29 is 36.5 Å². The number of esters is 1. The molecule has 0 bridgehead atoms. The van der Waals surface area contributed by atoms with E-state index in [4.69, 9.17) is 24.3 Å². The van der Waals surface area contributed by atoms with Crippen molar-refractivity contribution >= 4 is 42.4 Å².